The first kappa shape index (κ1) is 22.2. The van der Waals surface area contributed by atoms with E-state index in [0.29, 0.717) is 31.6 Å². The van der Waals surface area contributed by atoms with Gasteiger partial charge in [-0.1, -0.05) is 13.5 Å². The number of hydrogen-bond donors (Lipinski definition) is 2. The topological polar surface area (TPSA) is 44.4 Å². The lowest BCUT2D eigenvalue weighted by molar-refractivity contribution is -0.137. The highest BCUT2D eigenvalue weighted by molar-refractivity contribution is 5.77. The van der Waals surface area contributed by atoms with Gasteiger partial charge in [-0.3, -0.25) is 9.69 Å². The van der Waals surface area contributed by atoms with Gasteiger partial charge in [0.25, 0.3) is 0 Å². The third kappa shape index (κ3) is 6.82. The molecule has 0 atom stereocenters. The molecular formula is C20H27F4N3O. The van der Waals surface area contributed by atoms with Gasteiger partial charge in [-0.25, -0.2) is 4.39 Å². The quantitative estimate of drug-likeness (QED) is 0.654. The van der Waals surface area contributed by atoms with Crippen LogP contribution in [-0.2, 0) is 11.0 Å². The van der Waals surface area contributed by atoms with Crippen LogP contribution in [0.4, 0.5) is 17.6 Å². The molecule has 156 valence electrons. The van der Waals surface area contributed by atoms with Gasteiger partial charge < -0.3 is 10.6 Å². The molecule has 4 nitrogen and oxygen atoms in total. The molecule has 1 fully saturated rings. The molecule has 0 aliphatic carbocycles. The molecule has 2 rings (SSSR count). The smallest absolute Gasteiger partial charge is 0.385 e. The summed E-state index contributed by atoms with van der Waals surface area (Å²) in [5.41, 5.74) is -0.663. The molecule has 1 saturated heterocycles. The zero-order chi connectivity index (χ0) is 20.7. The van der Waals surface area contributed by atoms with Crippen LogP contribution in [0.3, 0.4) is 0 Å². The number of halogens is 4. The number of benzene rings is 1. The van der Waals surface area contributed by atoms with Crippen molar-refractivity contribution in [1.82, 2.24) is 15.5 Å². The van der Waals surface area contributed by atoms with E-state index in [1.54, 1.807) is 0 Å². The molecule has 0 saturated carbocycles. The van der Waals surface area contributed by atoms with Gasteiger partial charge in [-0.05, 0) is 56.5 Å². The Morgan fingerprint density at radius 2 is 1.89 bits per heavy atom. The summed E-state index contributed by atoms with van der Waals surface area (Å²) in [7, 11) is 0. The lowest BCUT2D eigenvalue weighted by atomic mass is 9.96. The number of amides is 1. The van der Waals surface area contributed by atoms with Crippen LogP contribution < -0.4 is 10.6 Å². The van der Waals surface area contributed by atoms with E-state index in [4.69, 9.17) is 0 Å². The van der Waals surface area contributed by atoms with E-state index in [1.165, 1.54) is 0 Å². The first-order valence-electron chi connectivity index (χ1n) is 9.49. The minimum Gasteiger partial charge on any atom is -0.385 e. The van der Waals surface area contributed by atoms with Crippen molar-refractivity contribution in [2.24, 2.45) is 5.92 Å². The zero-order valence-electron chi connectivity index (χ0n) is 16.0. The SMILES string of the molecule is C=C(NCC1CCN(CC(=O)NCCC)CC1)c1cc(F)cc(C(F)(F)F)c1. The second-order valence-electron chi connectivity index (χ2n) is 7.16. The van der Waals surface area contributed by atoms with Crippen LogP contribution in [0.2, 0.25) is 0 Å². The van der Waals surface area contributed by atoms with E-state index in [1.807, 2.05) is 6.92 Å². The second-order valence-corrected chi connectivity index (χ2v) is 7.16. The molecule has 28 heavy (non-hydrogen) atoms. The first-order chi connectivity index (χ1) is 13.2. The van der Waals surface area contributed by atoms with Gasteiger partial charge >= 0.3 is 6.18 Å². The maximum absolute atomic E-state index is 13.5. The van der Waals surface area contributed by atoms with Gasteiger partial charge in [0.1, 0.15) is 5.82 Å². The predicted octanol–water partition coefficient (Wildman–Crippen LogP) is 3.64. The fourth-order valence-corrected chi connectivity index (χ4v) is 3.17. The van der Waals surface area contributed by atoms with Crippen molar-refractivity contribution >= 4 is 11.6 Å². The monoisotopic (exact) mass is 401 g/mol. The Hall–Kier alpha value is -2.09. The molecule has 1 heterocycles. The van der Waals surface area contributed by atoms with Gasteiger partial charge in [-0.2, -0.15) is 13.2 Å². The van der Waals surface area contributed by atoms with Crippen LogP contribution in [-0.4, -0.2) is 43.5 Å². The highest BCUT2D eigenvalue weighted by atomic mass is 19.4. The molecule has 1 amide bonds. The Labute approximate surface area is 163 Å². The van der Waals surface area contributed by atoms with E-state index >= 15 is 0 Å². The Morgan fingerprint density at radius 1 is 1.21 bits per heavy atom. The van der Waals surface area contributed by atoms with E-state index < -0.39 is 17.6 Å². The largest absolute Gasteiger partial charge is 0.416 e. The predicted molar refractivity (Wildman–Crippen MR) is 101 cm³/mol. The van der Waals surface area contributed by atoms with E-state index in [-0.39, 0.29) is 17.2 Å². The summed E-state index contributed by atoms with van der Waals surface area (Å²) >= 11 is 0. The standard InChI is InChI=1S/C20H27F4N3O/c1-3-6-25-19(28)13-27-7-4-15(5-8-27)12-26-14(2)16-9-17(20(22,23)24)11-18(21)10-16/h9-11,15,26H,2-8,12-13H2,1H3,(H,25,28). The van der Waals surface area contributed by atoms with Gasteiger partial charge in [-0.15, -0.1) is 0 Å². The minimum atomic E-state index is -4.60. The molecule has 0 bridgehead atoms. The van der Waals surface area contributed by atoms with Crippen molar-refractivity contribution in [1.29, 1.82) is 0 Å². The maximum atomic E-state index is 13.5. The van der Waals surface area contributed by atoms with Gasteiger partial charge in [0.2, 0.25) is 5.91 Å². The number of nitrogens with zero attached hydrogens (tertiary/aromatic N) is 1. The summed E-state index contributed by atoms with van der Waals surface area (Å²) in [5, 5.41) is 5.89. The molecular weight excluding hydrogens is 374 g/mol. The molecule has 2 N–H and O–H groups in total. The molecule has 0 aromatic heterocycles. The van der Waals surface area contributed by atoms with Crippen molar-refractivity contribution in [2.45, 2.75) is 32.4 Å². The number of carbonyl (C=O) groups is 1. The molecule has 0 unspecified atom stereocenters. The van der Waals surface area contributed by atoms with Crippen molar-refractivity contribution in [2.75, 3.05) is 32.7 Å². The maximum Gasteiger partial charge on any atom is 0.416 e. The lowest BCUT2D eigenvalue weighted by Crippen LogP contribution is -2.43. The first-order valence-corrected chi connectivity index (χ1v) is 9.49. The minimum absolute atomic E-state index is 0.0263. The Bertz CT molecular complexity index is 683. The third-order valence-electron chi connectivity index (χ3n) is 4.82. The summed E-state index contributed by atoms with van der Waals surface area (Å²) in [6.45, 7) is 8.94. The number of likely N-dealkylation sites (tertiary alicyclic amines) is 1. The highest BCUT2D eigenvalue weighted by Gasteiger charge is 2.31. The fourth-order valence-electron chi connectivity index (χ4n) is 3.17. The Balaban J connectivity index is 1.80. The van der Waals surface area contributed by atoms with Crippen molar-refractivity contribution < 1.29 is 22.4 Å². The van der Waals surface area contributed by atoms with Crippen LogP contribution in [0.25, 0.3) is 5.70 Å². The van der Waals surface area contributed by atoms with Crippen LogP contribution in [0.15, 0.2) is 24.8 Å². The summed E-state index contributed by atoms with van der Waals surface area (Å²) in [6, 6.07) is 2.42. The van der Waals surface area contributed by atoms with Crippen molar-refractivity contribution in [3.05, 3.63) is 41.7 Å². The zero-order valence-corrected chi connectivity index (χ0v) is 16.0. The molecule has 0 radical (unpaired) electrons. The van der Waals surface area contributed by atoms with E-state index in [0.717, 1.165) is 44.5 Å². The average molecular weight is 401 g/mol. The second kappa shape index (κ2) is 9.91. The number of rotatable bonds is 8. The number of carbonyl (C=O) groups excluding carboxylic acids is 1. The number of nitrogens with one attached hydrogen (secondary N) is 2. The normalized spacial score (nSPS) is 16.0. The number of piperidine rings is 1. The van der Waals surface area contributed by atoms with E-state index in [2.05, 4.69) is 22.1 Å². The highest BCUT2D eigenvalue weighted by Crippen LogP contribution is 2.31. The molecule has 1 aliphatic rings. The summed E-state index contributed by atoms with van der Waals surface area (Å²) < 4.78 is 52.0. The Morgan fingerprint density at radius 3 is 2.50 bits per heavy atom. The third-order valence-corrected chi connectivity index (χ3v) is 4.82. The van der Waals surface area contributed by atoms with Crippen LogP contribution in [0.5, 0.6) is 0 Å². The average Bonchev–Trinajstić information content (AvgIpc) is 2.64. The van der Waals surface area contributed by atoms with E-state index in [9.17, 15) is 22.4 Å². The van der Waals surface area contributed by atoms with Crippen molar-refractivity contribution in [3.63, 3.8) is 0 Å². The molecule has 8 heteroatoms. The van der Waals surface area contributed by atoms with Gasteiger partial charge in [0, 0.05) is 24.4 Å². The van der Waals surface area contributed by atoms with Crippen molar-refractivity contribution in [3.8, 4) is 0 Å². The van der Waals surface area contributed by atoms with Gasteiger partial charge in [0.05, 0.1) is 12.1 Å². The molecule has 1 aromatic rings. The number of alkyl halides is 3. The molecule has 1 aromatic carbocycles. The van der Waals surface area contributed by atoms with Crippen LogP contribution >= 0.6 is 0 Å². The lowest BCUT2D eigenvalue weighted by Gasteiger charge is -2.31. The summed E-state index contributed by atoms with van der Waals surface area (Å²) in [5.74, 6) is -0.594. The number of hydrogen-bond acceptors (Lipinski definition) is 3. The Kier molecular flexibility index (Phi) is 7.86. The fraction of sp³-hybridized carbons (Fsp3) is 0.550. The summed E-state index contributed by atoms with van der Waals surface area (Å²) in [6.07, 6.45) is -1.96. The van der Waals surface area contributed by atoms with Crippen LogP contribution in [0, 0.1) is 11.7 Å². The van der Waals surface area contributed by atoms with Gasteiger partial charge in [0.15, 0.2) is 0 Å². The molecule has 1 aliphatic heterocycles. The van der Waals surface area contributed by atoms with Crippen LogP contribution in [0.1, 0.15) is 37.3 Å². The summed E-state index contributed by atoms with van der Waals surface area (Å²) in [4.78, 5) is 13.9. The molecule has 0 spiro atoms.